The molecule has 0 aliphatic heterocycles. The van der Waals surface area contributed by atoms with E-state index >= 15 is 0 Å². The molecule has 29 heavy (non-hydrogen) atoms. The van der Waals surface area contributed by atoms with Crippen molar-refractivity contribution in [3.8, 4) is 0 Å². The van der Waals surface area contributed by atoms with Gasteiger partial charge in [0.1, 0.15) is 11.5 Å². The molecule has 0 unspecified atom stereocenters. The summed E-state index contributed by atoms with van der Waals surface area (Å²) in [6, 6.07) is 2.08. The predicted octanol–water partition coefficient (Wildman–Crippen LogP) is 4.84. The van der Waals surface area contributed by atoms with Gasteiger partial charge in [-0.25, -0.2) is 4.98 Å². The topological polar surface area (TPSA) is 55.8 Å². The molecular weight excluding hydrogens is 384 g/mol. The second kappa shape index (κ2) is 11.2. The van der Waals surface area contributed by atoms with E-state index in [-0.39, 0.29) is 0 Å². The van der Waals surface area contributed by atoms with E-state index in [0.717, 1.165) is 47.0 Å². The van der Waals surface area contributed by atoms with Gasteiger partial charge >= 0.3 is 0 Å². The lowest BCUT2D eigenvalue weighted by Gasteiger charge is -2.19. The third-order valence-corrected chi connectivity index (χ3v) is 5.40. The lowest BCUT2D eigenvalue weighted by Crippen LogP contribution is -2.23. The maximum atomic E-state index is 6.35. The molecule has 0 aliphatic carbocycles. The van der Waals surface area contributed by atoms with Crippen molar-refractivity contribution < 1.29 is 4.74 Å². The van der Waals surface area contributed by atoms with Gasteiger partial charge in [0.2, 0.25) is 0 Å². The zero-order chi connectivity index (χ0) is 21.4. The summed E-state index contributed by atoms with van der Waals surface area (Å²) >= 11 is 6.35. The van der Waals surface area contributed by atoms with E-state index in [4.69, 9.17) is 22.1 Å². The molecule has 2 rings (SSSR count). The Morgan fingerprint density at radius 2 is 2.07 bits per heavy atom. The molecule has 5 nitrogen and oxygen atoms in total. The van der Waals surface area contributed by atoms with Gasteiger partial charge in [0, 0.05) is 38.5 Å². The zero-order valence-corrected chi connectivity index (χ0v) is 19.0. The number of hydrogen-bond acceptors (Lipinski definition) is 4. The number of ether oxygens (including phenoxy) is 1. The molecule has 2 heterocycles. The summed E-state index contributed by atoms with van der Waals surface area (Å²) in [7, 11) is 3.76. The molecular formula is C23H33ClN4O. The minimum absolute atomic E-state index is 0.486. The Hall–Kier alpha value is -2.08. The number of methoxy groups -OCH3 is 1. The molecule has 0 radical (unpaired) electrons. The monoisotopic (exact) mass is 416 g/mol. The van der Waals surface area contributed by atoms with Crippen LogP contribution in [-0.4, -0.2) is 36.7 Å². The predicted molar refractivity (Wildman–Crippen MR) is 124 cm³/mol. The number of aryl methyl sites for hydroxylation is 1. The van der Waals surface area contributed by atoms with E-state index in [1.165, 1.54) is 11.1 Å². The highest BCUT2D eigenvalue weighted by Gasteiger charge is 2.12. The number of anilines is 1. The number of aromatic nitrogens is 2. The number of fused-ring (bicyclic) bond motifs is 1. The number of hydrogen-bond donors (Lipinski definition) is 1. The molecule has 0 amide bonds. The minimum atomic E-state index is 0.486. The van der Waals surface area contributed by atoms with Gasteiger partial charge in [0.25, 0.3) is 0 Å². The molecule has 6 heteroatoms. The van der Waals surface area contributed by atoms with Gasteiger partial charge in [-0.15, -0.1) is 0 Å². The number of imidazole rings is 1. The second-order valence-electron chi connectivity index (χ2n) is 7.21. The van der Waals surface area contributed by atoms with Gasteiger partial charge in [-0.05, 0) is 56.4 Å². The van der Waals surface area contributed by atoms with Crippen LogP contribution in [0.5, 0.6) is 0 Å². The number of halogens is 1. The Bertz CT molecular complexity index is 907. The highest BCUT2D eigenvalue weighted by atomic mass is 35.5. The summed E-state index contributed by atoms with van der Waals surface area (Å²) in [6.07, 6.45) is 12.1. The summed E-state index contributed by atoms with van der Waals surface area (Å²) < 4.78 is 7.33. The fourth-order valence-corrected chi connectivity index (χ4v) is 3.26. The number of rotatable bonds is 10. The fourth-order valence-electron chi connectivity index (χ4n) is 3.10. The third kappa shape index (κ3) is 6.20. The third-order valence-electron chi connectivity index (χ3n) is 5.16. The first-order valence-electron chi connectivity index (χ1n) is 9.96. The standard InChI is InChI=1S/C23H33ClN4O/c1-6-17(2)7-8-19(18(3)24)9-10-20-16-28-22(13-21(20)14-25)26-15-23(28)27(4)11-12-29-5/h6-8,13,15-16H,9-12,14,25H2,1-5H3/b8-7-,17-6-,19-18-. The van der Waals surface area contributed by atoms with Gasteiger partial charge in [-0.3, -0.25) is 4.40 Å². The Kier molecular flexibility index (Phi) is 8.96. The molecule has 0 saturated carbocycles. The molecule has 0 atom stereocenters. The van der Waals surface area contributed by atoms with Crippen LogP contribution in [0.4, 0.5) is 5.82 Å². The highest BCUT2D eigenvalue weighted by molar-refractivity contribution is 6.29. The SMILES string of the molecule is C\C=C(C)/C=C\C(CCc1cn2c(N(C)CCOC)cnc2cc1CN)=C(/C)Cl. The first kappa shape index (κ1) is 23.2. The van der Waals surface area contributed by atoms with Gasteiger partial charge in [0.05, 0.1) is 12.8 Å². The van der Waals surface area contributed by atoms with Crippen LogP contribution in [-0.2, 0) is 17.7 Å². The normalized spacial score (nSPS) is 13.4. The second-order valence-corrected chi connectivity index (χ2v) is 7.78. The average Bonchev–Trinajstić information content (AvgIpc) is 3.13. The minimum Gasteiger partial charge on any atom is -0.383 e. The quantitative estimate of drug-likeness (QED) is 0.563. The van der Waals surface area contributed by atoms with Crippen LogP contribution >= 0.6 is 11.6 Å². The number of allylic oxidation sites excluding steroid dienone is 6. The van der Waals surface area contributed by atoms with E-state index in [1.807, 2.05) is 27.1 Å². The summed E-state index contributed by atoms with van der Waals surface area (Å²) in [5.74, 6) is 1.04. The first-order valence-corrected chi connectivity index (χ1v) is 10.3. The van der Waals surface area contributed by atoms with Gasteiger partial charge in [-0.2, -0.15) is 0 Å². The van der Waals surface area contributed by atoms with Gasteiger partial charge in [0.15, 0.2) is 0 Å². The fraction of sp³-hybridized carbons (Fsp3) is 0.435. The van der Waals surface area contributed by atoms with E-state index in [0.29, 0.717) is 13.2 Å². The molecule has 0 fully saturated rings. The van der Waals surface area contributed by atoms with Gasteiger partial charge < -0.3 is 15.4 Å². The largest absolute Gasteiger partial charge is 0.383 e. The number of pyridine rings is 1. The highest BCUT2D eigenvalue weighted by Crippen LogP contribution is 2.23. The molecule has 158 valence electrons. The maximum Gasteiger partial charge on any atom is 0.138 e. The summed E-state index contributed by atoms with van der Waals surface area (Å²) in [5, 5.41) is 0.822. The molecule has 0 spiro atoms. The first-order chi connectivity index (χ1) is 13.9. The van der Waals surface area contributed by atoms with Crippen molar-refractivity contribution in [1.29, 1.82) is 0 Å². The van der Waals surface area contributed by atoms with E-state index in [9.17, 15) is 0 Å². The maximum absolute atomic E-state index is 6.35. The molecule has 0 bridgehead atoms. The Morgan fingerprint density at radius 3 is 2.69 bits per heavy atom. The van der Waals surface area contributed by atoms with Crippen LogP contribution in [0.3, 0.4) is 0 Å². The van der Waals surface area contributed by atoms with Crippen molar-refractivity contribution in [3.63, 3.8) is 0 Å². The summed E-state index contributed by atoms with van der Waals surface area (Å²) in [4.78, 5) is 6.70. The lowest BCUT2D eigenvalue weighted by atomic mass is 10.0. The average molecular weight is 417 g/mol. The van der Waals surface area contributed by atoms with E-state index in [1.54, 1.807) is 7.11 Å². The molecule has 0 aliphatic rings. The number of likely N-dealkylation sites (N-methyl/N-ethyl adjacent to an activating group) is 1. The zero-order valence-electron chi connectivity index (χ0n) is 18.2. The molecule has 2 aromatic heterocycles. The Labute approximate surface area is 179 Å². The van der Waals surface area contributed by atoms with E-state index in [2.05, 4.69) is 51.7 Å². The number of nitrogens with zero attached hydrogens (tertiary/aromatic N) is 3. The van der Waals surface area contributed by atoms with Crippen LogP contribution in [0, 0.1) is 0 Å². The van der Waals surface area contributed by atoms with Crippen molar-refractivity contribution in [1.82, 2.24) is 9.38 Å². The summed E-state index contributed by atoms with van der Waals surface area (Å²) in [6.45, 7) is 8.01. The number of nitrogens with two attached hydrogens (primary N) is 1. The Balaban J connectivity index is 2.31. The van der Waals surface area contributed by atoms with Crippen LogP contribution in [0.15, 0.2) is 52.9 Å². The molecule has 2 N–H and O–H groups in total. The van der Waals surface area contributed by atoms with Gasteiger partial charge in [-0.1, -0.05) is 35.4 Å². The molecule has 2 aromatic rings. The van der Waals surface area contributed by atoms with Crippen LogP contribution < -0.4 is 10.6 Å². The van der Waals surface area contributed by atoms with Crippen molar-refractivity contribution in [2.45, 2.75) is 40.2 Å². The van der Waals surface area contributed by atoms with Crippen LogP contribution in [0.1, 0.15) is 38.3 Å². The van der Waals surface area contributed by atoms with Crippen LogP contribution in [0.25, 0.3) is 5.65 Å². The molecule has 0 aromatic carbocycles. The Morgan fingerprint density at radius 1 is 1.31 bits per heavy atom. The lowest BCUT2D eigenvalue weighted by molar-refractivity contribution is 0.206. The van der Waals surface area contributed by atoms with Crippen molar-refractivity contribution in [3.05, 3.63) is 64.0 Å². The van der Waals surface area contributed by atoms with Crippen molar-refractivity contribution >= 4 is 23.1 Å². The van der Waals surface area contributed by atoms with E-state index < -0.39 is 0 Å². The smallest absolute Gasteiger partial charge is 0.138 e. The van der Waals surface area contributed by atoms with Crippen molar-refractivity contribution in [2.24, 2.45) is 5.73 Å². The summed E-state index contributed by atoms with van der Waals surface area (Å²) in [5.41, 5.74) is 11.6. The van der Waals surface area contributed by atoms with Crippen LogP contribution in [0.2, 0.25) is 0 Å². The van der Waals surface area contributed by atoms with Crippen molar-refractivity contribution in [2.75, 3.05) is 32.2 Å². The molecule has 0 saturated heterocycles.